The van der Waals surface area contributed by atoms with Crippen LogP contribution in [0.5, 0.6) is 0 Å². The van der Waals surface area contributed by atoms with Crippen molar-refractivity contribution in [3.05, 3.63) is 42.3 Å². The number of nitrogens with zero attached hydrogens (tertiary/aromatic N) is 2. The molecule has 0 aliphatic carbocycles. The Labute approximate surface area is 83.0 Å². The quantitative estimate of drug-likeness (QED) is 0.619. The lowest BCUT2D eigenvalue weighted by molar-refractivity contribution is -0.440. The normalized spacial score (nSPS) is 19.0. The Balaban J connectivity index is 2.41. The van der Waals surface area contributed by atoms with Gasteiger partial charge in [-0.25, -0.2) is 0 Å². The van der Waals surface area contributed by atoms with Gasteiger partial charge < -0.3 is 5.11 Å². The molecule has 1 heterocycles. The largest absolute Gasteiger partial charge is 0.870 e. The molecule has 1 aromatic rings. The van der Waals surface area contributed by atoms with Crippen LogP contribution in [0.25, 0.3) is 0 Å². The Hall–Kier alpha value is -1.64. The van der Waals surface area contributed by atoms with E-state index in [4.69, 9.17) is 0 Å². The lowest BCUT2D eigenvalue weighted by atomic mass is 10.1. The highest BCUT2D eigenvalue weighted by Gasteiger charge is 2.29. The van der Waals surface area contributed by atoms with Gasteiger partial charge in [-0.2, -0.15) is 0 Å². The summed E-state index contributed by atoms with van der Waals surface area (Å²) >= 11 is 0. The lowest BCUT2D eigenvalue weighted by Crippen LogP contribution is -2.25. The minimum absolute atomic E-state index is 0.0429. The van der Waals surface area contributed by atoms with Gasteiger partial charge in [-0.1, -0.05) is 22.9 Å². The minimum Gasteiger partial charge on any atom is -0.870 e. The minimum atomic E-state index is -0.615. The van der Waals surface area contributed by atoms with Gasteiger partial charge in [-0.05, 0) is 24.7 Å². The molecule has 0 N–H and O–H groups in total. The standard InChI is InChI=1S/C11H12N2O/c1-11(2)10(14)8-13(12-11)9-6-4-3-5-7-9/h3-8H,1-2H3. The second kappa shape index (κ2) is 2.94. The van der Waals surface area contributed by atoms with Crippen molar-refractivity contribution < 1.29 is 9.80 Å². The topological polar surface area (TPSA) is 38.4 Å². The Morgan fingerprint density at radius 3 is 2.36 bits per heavy atom. The van der Waals surface area contributed by atoms with Gasteiger partial charge in [-0.15, -0.1) is 0 Å². The molecule has 3 heteroatoms. The highest BCUT2D eigenvalue weighted by Crippen LogP contribution is 2.26. The van der Waals surface area contributed by atoms with E-state index in [9.17, 15) is 5.11 Å². The summed E-state index contributed by atoms with van der Waals surface area (Å²) in [6.45, 7) is 3.63. The fourth-order valence-electron chi connectivity index (χ4n) is 1.33. The Morgan fingerprint density at radius 2 is 1.86 bits per heavy atom. The molecular formula is C11H12N2O. The molecule has 0 amide bonds. The molecule has 1 aromatic carbocycles. The molecule has 0 spiro atoms. The van der Waals surface area contributed by atoms with Crippen molar-refractivity contribution in [1.29, 1.82) is 0 Å². The molecule has 2 rings (SSSR count). The third-order valence-corrected chi connectivity index (χ3v) is 2.22. The maximum atomic E-state index is 11.5. The molecule has 1 aliphatic heterocycles. The van der Waals surface area contributed by atoms with E-state index in [0.717, 1.165) is 5.69 Å². The van der Waals surface area contributed by atoms with Gasteiger partial charge in [0.1, 0.15) is 5.54 Å². The van der Waals surface area contributed by atoms with Crippen LogP contribution in [0.2, 0.25) is 0 Å². The first-order valence-electron chi connectivity index (χ1n) is 4.56. The first-order chi connectivity index (χ1) is 6.59. The molecule has 72 valence electrons. The van der Waals surface area contributed by atoms with E-state index in [1.54, 1.807) is 4.70 Å². The number of hydrogen-bond donors (Lipinski definition) is 0. The molecule has 3 nitrogen and oxygen atoms in total. The number of rotatable bonds is 1. The average Bonchev–Trinajstić information content (AvgIpc) is 2.43. The van der Waals surface area contributed by atoms with Gasteiger partial charge >= 0.3 is 0 Å². The molecule has 14 heavy (non-hydrogen) atoms. The zero-order valence-corrected chi connectivity index (χ0v) is 8.27. The summed E-state index contributed by atoms with van der Waals surface area (Å²) in [6, 6.07) is 9.64. The first-order valence-corrected chi connectivity index (χ1v) is 4.56. The smallest absolute Gasteiger partial charge is 0.237 e. The SMILES string of the molecule is CC1(C)N=[N+](c2ccccc2)C=C1[O-]. The van der Waals surface area contributed by atoms with Gasteiger partial charge in [-0.3, -0.25) is 0 Å². The van der Waals surface area contributed by atoms with Crippen molar-refractivity contribution in [3.63, 3.8) is 0 Å². The van der Waals surface area contributed by atoms with Crippen LogP contribution in [0.3, 0.4) is 0 Å². The van der Waals surface area contributed by atoms with E-state index in [2.05, 4.69) is 5.11 Å². The van der Waals surface area contributed by atoms with Crippen molar-refractivity contribution in [2.24, 2.45) is 5.11 Å². The fraction of sp³-hybridized carbons (Fsp3) is 0.273. The van der Waals surface area contributed by atoms with Crippen molar-refractivity contribution in [2.45, 2.75) is 19.4 Å². The monoisotopic (exact) mass is 188 g/mol. The van der Waals surface area contributed by atoms with Crippen LogP contribution < -0.4 is 5.11 Å². The number of azo groups is 2. The predicted octanol–water partition coefficient (Wildman–Crippen LogP) is 1.78. The Morgan fingerprint density at radius 1 is 1.21 bits per heavy atom. The van der Waals surface area contributed by atoms with E-state index in [0.29, 0.717) is 0 Å². The lowest BCUT2D eigenvalue weighted by Gasteiger charge is -2.16. The summed E-state index contributed by atoms with van der Waals surface area (Å²) in [5.41, 5.74) is 0.307. The molecule has 0 fully saturated rings. The molecule has 0 unspecified atom stereocenters. The molecular weight excluding hydrogens is 176 g/mol. The van der Waals surface area contributed by atoms with Gasteiger partial charge in [0.05, 0.1) is 0 Å². The van der Waals surface area contributed by atoms with Crippen molar-refractivity contribution >= 4 is 5.69 Å². The van der Waals surface area contributed by atoms with Gasteiger partial charge in [0, 0.05) is 12.1 Å². The zero-order chi connectivity index (χ0) is 10.2. The molecule has 1 aliphatic rings. The third-order valence-electron chi connectivity index (χ3n) is 2.22. The summed E-state index contributed by atoms with van der Waals surface area (Å²) in [7, 11) is 0. The van der Waals surface area contributed by atoms with Gasteiger partial charge in [0.15, 0.2) is 6.20 Å². The first kappa shape index (κ1) is 8.94. The average molecular weight is 188 g/mol. The molecule has 0 saturated carbocycles. The molecule has 0 radical (unpaired) electrons. The number of hydrogen-bond acceptors (Lipinski definition) is 2. The van der Waals surface area contributed by atoms with Crippen molar-refractivity contribution in [1.82, 2.24) is 0 Å². The van der Waals surface area contributed by atoms with Gasteiger partial charge in [0.2, 0.25) is 5.69 Å². The van der Waals surface area contributed by atoms with Crippen LogP contribution in [0.4, 0.5) is 5.69 Å². The maximum Gasteiger partial charge on any atom is 0.237 e. The summed E-state index contributed by atoms with van der Waals surface area (Å²) in [4.78, 5) is 0. The fourth-order valence-corrected chi connectivity index (χ4v) is 1.33. The van der Waals surface area contributed by atoms with Crippen molar-refractivity contribution in [2.75, 3.05) is 0 Å². The second-order valence-electron chi connectivity index (χ2n) is 3.83. The summed E-state index contributed by atoms with van der Waals surface area (Å²) in [5, 5.41) is 15.8. The van der Waals surface area contributed by atoms with E-state index < -0.39 is 5.54 Å². The molecule has 0 saturated heterocycles. The highest BCUT2D eigenvalue weighted by atomic mass is 16.3. The molecule has 0 atom stereocenters. The Kier molecular flexibility index (Phi) is 1.88. The summed E-state index contributed by atoms with van der Waals surface area (Å²) in [6.07, 6.45) is 1.54. The van der Waals surface area contributed by atoms with E-state index in [1.807, 2.05) is 44.2 Å². The van der Waals surface area contributed by atoms with Crippen LogP contribution in [0.15, 0.2) is 47.4 Å². The Bertz CT molecular complexity index is 405. The van der Waals surface area contributed by atoms with E-state index in [-0.39, 0.29) is 5.76 Å². The second-order valence-corrected chi connectivity index (χ2v) is 3.83. The van der Waals surface area contributed by atoms with Crippen LogP contribution in [0.1, 0.15) is 13.8 Å². The predicted molar refractivity (Wildman–Crippen MR) is 51.0 cm³/mol. The van der Waals surface area contributed by atoms with E-state index in [1.165, 1.54) is 6.20 Å². The number of benzene rings is 1. The van der Waals surface area contributed by atoms with Gasteiger partial charge in [0.25, 0.3) is 0 Å². The van der Waals surface area contributed by atoms with Crippen LogP contribution in [-0.2, 0) is 0 Å². The maximum absolute atomic E-state index is 11.5. The van der Waals surface area contributed by atoms with Crippen LogP contribution in [0, 0.1) is 0 Å². The third kappa shape index (κ3) is 1.41. The number of para-hydroxylation sites is 1. The molecule has 0 aromatic heterocycles. The van der Waals surface area contributed by atoms with Crippen LogP contribution in [-0.4, -0.2) is 10.2 Å². The van der Waals surface area contributed by atoms with E-state index >= 15 is 0 Å². The zero-order valence-electron chi connectivity index (χ0n) is 8.27. The van der Waals surface area contributed by atoms with Crippen LogP contribution >= 0.6 is 0 Å². The molecule has 0 bridgehead atoms. The highest BCUT2D eigenvalue weighted by molar-refractivity contribution is 5.29. The summed E-state index contributed by atoms with van der Waals surface area (Å²) < 4.78 is 1.64. The summed E-state index contributed by atoms with van der Waals surface area (Å²) in [5.74, 6) is 0.0429. The van der Waals surface area contributed by atoms with Crippen molar-refractivity contribution in [3.8, 4) is 0 Å².